The van der Waals surface area contributed by atoms with E-state index in [1.807, 2.05) is 4.90 Å². The Morgan fingerprint density at radius 2 is 1.80 bits per heavy atom. The molecule has 1 amide bonds. The minimum Gasteiger partial charge on any atom is -0.360 e. The van der Waals surface area contributed by atoms with Crippen molar-refractivity contribution in [3.8, 4) is 0 Å². The first-order valence-electron chi connectivity index (χ1n) is 9.53. The fourth-order valence-electron chi connectivity index (χ4n) is 3.55. The number of nitrogens with one attached hydrogen (secondary N) is 1. The standard InChI is InChI=1S/C19H24Cl2N4O4S/c1-12-18(14(3)29-23-12)30(27,28)25-6-4-5-24(7-8-25)13(2)19(26)22-17-10-15(20)9-16(21)11-17/h9-11,13H,4-8H2,1-3H3,(H,22,26)/t13-/m0/s1. The molecule has 1 aromatic heterocycles. The Bertz CT molecular complexity index is 1000. The van der Waals surface area contributed by atoms with E-state index < -0.39 is 16.1 Å². The predicted octanol–water partition coefficient (Wildman–Crippen LogP) is 3.32. The first-order valence-corrected chi connectivity index (χ1v) is 11.7. The second kappa shape index (κ2) is 9.23. The Balaban J connectivity index is 1.67. The number of hydrogen-bond acceptors (Lipinski definition) is 6. The number of aryl methyl sites for hydroxylation is 2. The lowest BCUT2D eigenvalue weighted by Gasteiger charge is -2.27. The van der Waals surface area contributed by atoms with Crippen LogP contribution in [0.5, 0.6) is 0 Å². The lowest BCUT2D eigenvalue weighted by atomic mass is 10.2. The van der Waals surface area contributed by atoms with E-state index in [0.717, 1.165) is 0 Å². The molecule has 1 aliphatic heterocycles. The van der Waals surface area contributed by atoms with Gasteiger partial charge in [-0.2, -0.15) is 4.31 Å². The minimum absolute atomic E-state index is 0.125. The van der Waals surface area contributed by atoms with Gasteiger partial charge in [-0.15, -0.1) is 0 Å². The summed E-state index contributed by atoms with van der Waals surface area (Å²) >= 11 is 12.0. The van der Waals surface area contributed by atoms with E-state index in [0.29, 0.717) is 47.5 Å². The van der Waals surface area contributed by atoms with Gasteiger partial charge in [-0.05, 0) is 45.4 Å². The van der Waals surface area contributed by atoms with Crippen LogP contribution in [0.15, 0.2) is 27.6 Å². The zero-order valence-corrected chi connectivity index (χ0v) is 19.3. The maximum atomic E-state index is 13.1. The quantitative estimate of drug-likeness (QED) is 0.713. The summed E-state index contributed by atoms with van der Waals surface area (Å²) in [4.78, 5) is 14.8. The van der Waals surface area contributed by atoms with Gasteiger partial charge in [0.15, 0.2) is 5.76 Å². The molecule has 0 aliphatic carbocycles. The minimum atomic E-state index is -3.71. The van der Waals surface area contributed by atoms with Gasteiger partial charge in [0.05, 0.1) is 6.04 Å². The first-order chi connectivity index (χ1) is 14.1. The van der Waals surface area contributed by atoms with Crippen molar-refractivity contribution in [3.05, 3.63) is 39.7 Å². The highest BCUT2D eigenvalue weighted by Crippen LogP contribution is 2.25. The topological polar surface area (TPSA) is 95.8 Å². The Kier molecular flexibility index (Phi) is 7.09. The van der Waals surface area contributed by atoms with Gasteiger partial charge in [-0.3, -0.25) is 9.69 Å². The van der Waals surface area contributed by atoms with Crippen LogP contribution < -0.4 is 5.32 Å². The first kappa shape index (κ1) is 23.0. The molecule has 1 aliphatic rings. The van der Waals surface area contributed by atoms with Crippen molar-refractivity contribution in [1.29, 1.82) is 0 Å². The Hall–Kier alpha value is -1.65. The fraction of sp³-hybridized carbons (Fsp3) is 0.474. The Morgan fingerprint density at radius 3 is 2.40 bits per heavy atom. The molecule has 0 bridgehead atoms. The van der Waals surface area contributed by atoms with E-state index in [-0.39, 0.29) is 23.1 Å². The third kappa shape index (κ3) is 4.97. The van der Waals surface area contributed by atoms with Crippen molar-refractivity contribution >= 4 is 44.8 Å². The molecule has 2 aromatic rings. The maximum absolute atomic E-state index is 13.1. The molecule has 1 N–H and O–H groups in total. The normalized spacial score (nSPS) is 17.5. The van der Waals surface area contributed by atoms with Crippen LogP contribution in [-0.4, -0.2) is 60.9 Å². The monoisotopic (exact) mass is 474 g/mol. The third-order valence-electron chi connectivity index (χ3n) is 5.11. The molecular formula is C19H24Cl2N4O4S. The number of aromatic nitrogens is 1. The summed E-state index contributed by atoms with van der Waals surface area (Å²) in [5, 5.41) is 7.44. The molecule has 1 fully saturated rings. The molecule has 2 heterocycles. The fourth-order valence-corrected chi connectivity index (χ4v) is 5.84. The molecule has 0 saturated carbocycles. The van der Waals surface area contributed by atoms with Gasteiger partial charge < -0.3 is 9.84 Å². The second-order valence-corrected chi connectivity index (χ2v) is 10.0. The van der Waals surface area contributed by atoms with E-state index in [1.165, 1.54) is 4.31 Å². The molecule has 11 heteroatoms. The number of amides is 1. The summed E-state index contributed by atoms with van der Waals surface area (Å²) in [6, 6.07) is 4.38. The molecule has 0 spiro atoms. The molecular weight excluding hydrogens is 451 g/mol. The smallest absolute Gasteiger partial charge is 0.248 e. The van der Waals surface area contributed by atoms with Gasteiger partial charge in [-0.1, -0.05) is 28.4 Å². The summed E-state index contributed by atoms with van der Waals surface area (Å²) in [6.45, 7) is 6.65. The summed E-state index contributed by atoms with van der Waals surface area (Å²) in [5.41, 5.74) is 0.864. The highest BCUT2D eigenvalue weighted by molar-refractivity contribution is 7.89. The van der Waals surface area contributed by atoms with Crippen LogP contribution in [0, 0.1) is 13.8 Å². The third-order valence-corrected chi connectivity index (χ3v) is 7.69. The number of anilines is 1. The Labute approximate surface area is 186 Å². The maximum Gasteiger partial charge on any atom is 0.248 e. The number of hydrogen-bond donors (Lipinski definition) is 1. The van der Waals surface area contributed by atoms with Gasteiger partial charge in [0.25, 0.3) is 0 Å². The van der Waals surface area contributed by atoms with Crippen LogP contribution in [0.2, 0.25) is 10.0 Å². The van der Waals surface area contributed by atoms with Gasteiger partial charge in [0.1, 0.15) is 10.6 Å². The summed E-state index contributed by atoms with van der Waals surface area (Å²) in [6.07, 6.45) is 0.600. The predicted molar refractivity (Wildman–Crippen MR) is 115 cm³/mol. The van der Waals surface area contributed by atoms with Crippen LogP contribution in [0.25, 0.3) is 0 Å². The number of carbonyl (C=O) groups excluding carboxylic acids is 1. The molecule has 3 rings (SSSR count). The van der Waals surface area contributed by atoms with E-state index in [2.05, 4.69) is 10.5 Å². The van der Waals surface area contributed by atoms with Crippen molar-refractivity contribution in [2.75, 3.05) is 31.5 Å². The van der Waals surface area contributed by atoms with Crippen molar-refractivity contribution < 1.29 is 17.7 Å². The van der Waals surface area contributed by atoms with E-state index in [1.54, 1.807) is 39.0 Å². The highest BCUT2D eigenvalue weighted by Gasteiger charge is 2.33. The van der Waals surface area contributed by atoms with Gasteiger partial charge in [-0.25, -0.2) is 8.42 Å². The van der Waals surface area contributed by atoms with Crippen LogP contribution in [0.1, 0.15) is 24.8 Å². The molecule has 0 unspecified atom stereocenters. The summed E-state index contributed by atoms with van der Waals surface area (Å²) < 4.78 is 32.6. The average molecular weight is 475 g/mol. The second-order valence-electron chi connectivity index (χ2n) is 7.27. The number of halogens is 2. The van der Waals surface area contributed by atoms with Crippen LogP contribution in [0.4, 0.5) is 5.69 Å². The number of benzene rings is 1. The molecule has 1 atom stereocenters. The molecule has 164 valence electrons. The van der Waals surface area contributed by atoms with E-state index in [4.69, 9.17) is 27.7 Å². The van der Waals surface area contributed by atoms with Gasteiger partial charge in [0, 0.05) is 41.9 Å². The summed E-state index contributed by atoms with van der Waals surface area (Å²) in [5.74, 6) is 0.0666. The van der Waals surface area contributed by atoms with E-state index >= 15 is 0 Å². The lowest BCUT2D eigenvalue weighted by molar-refractivity contribution is -0.120. The largest absolute Gasteiger partial charge is 0.360 e. The number of rotatable bonds is 5. The molecule has 8 nitrogen and oxygen atoms in total. The van der Waals surface area contributed by atoms with Crippen molar-refractivity contribution in [1.82, 2.24) is 14.4 Å². The summed E-state index contributed by atoms with van der Waals surface area (Å²) in [7, 11) is -3.71. The molecule has 30 heavy (non-hydrogen) atoms. The zero-order chi connectivity index (χ0) is 22.1. The highest BCUT2D eigenvalue weighted by atomic mass is 35.5. The number of nitrogens with zero attached hydrogens (tertiary/aromatic N) is 3. The SMILES string of the molecule is Cc1noc(C)c1S(=O)(=O)N1CCCN([C@@H](C)C(=O)Nc2cc(Cl)cc(Cl)c2)CC1. The average Bonchev–Trinajstić information content (AvgIpc) is 2.86. The zero-order valence-electron chi connectivity index (χ0n) is 17.0. The molecule has 1 saturated heterocycles. The number of carbonyl (C=O) groups is 1. The Morgan fingerprint density at radius 1 is 1.13 bits per heavy atom. The number of sulfonamides is 1. The van der Waals surface area contributed by atoms with Crippen LogP contribution in [0.3, 0.4) is 0 Å². The van der Waals surface area contributed by atoms with Crippen LogP contribution in [-0.2, 0) is 14.8 Å². The molecule has 0 radical (unpaired) electrons. The lowest BCUT2D eigenvalue weighted by Crippen LogP contribution is -2.44. The van der Waals surface area contributed by atoms with E-state index in [9.17, 15) is 13.2 Å². The van der Waals surface area contributed by atoms with Gasteiger partial charge >= 0.3 is 0 Å². The van der Waals surface area contributed by atoms with Gasteiger partial charge in [0.2, 0.25) is 15.9 Å². The van der Waals surface area contributed by atoms with Crippen molar-refractivity contribution in [2.24, 2.45) is 0 Å². The molecule has 1 aromatic carbocycles. The van der Waals surface area contributed by atoms with Crippen LogP contribution >= 0.6 is 23.2 Å². The van der Waals surface area contributed by atoms with Crippen molar-refractivity contribution in [2.45, 2.75) is 38.1 Å². The van der Waals surface area contributed by atoms with Crippen molar-refractivity contribution in [3.63, 3.8) is 0 Å².